The molecular formula is C24H27N3O6. The molecule has 0 unspecified atom stereocenters. The maximum Gasteiger partial charge on any atom is 0.343 e. The van der Waals surface area contributed by atoms with Crippen molar-refractivity contribution in [1.29, 1.82) is 0 Å². The van der Waals surface area contributed by atoms with E-state index in [-0.39, 0.29) is 38.4 Å². The zero-order chi connectivity index (χ0) is 23.6. The lowest BCUT2D eigenvalue weighted by Gasteiger charge is -2.36. The Morgan fingerprint density at radius 2 is 1.73 bits per heavy atom. The van der Waals surface area contributed by atoms with Crippen molar-refractivity contribution in [3.8, 4) is 28.3 Å². The number of carbonyl (C=O) groups excluding carboxylic acids is 1. The second-order valence-electron chi connectivity index (χ2n) is 8.11. The Morgan fingerprint density at radius 3 is 2.27 bits per heavy atom. The highest BCUT2D eigenvalue weighted by atomic mass is 16.5. The van der Waals surface area contributed by atoms with E-state index in [4.69, 9.17) is 9.15 Å². The number of hydroxylamine groups is 2. The first-order valence-corrected chi connectivity index (χ1v) is 10.6. The van der Waals surface area contributed by atoms with E-state index in [1.807, 2.05) is 36.4 Å². The Balaban J connectivity index is 1.70. The summed E-state index contributed by atoms with van der Waals surface area (Å²) >= 11 is 0. The van der Waals surface area contributed by atoms with Crippen LogP contribution in [0.25, 0.3) is 22.6 Å². The monoisotopic (exact) mass is 453 g/mol. The summed E-state index contributed by atoms with van der Waals surface area (Å²) in [6, 6.07) is 14.2. The summed E-state index contributed by atoms with van der Waals surface area (Å²) in [7, 11) is 2.87. The van der Waals surface area contributed by atoms with Gasteiger partial charge in [-0.15, -0.1) is 0 Å². The Hall–Kier alpha value is -3.40. The summed E-state index contributed by atoms with van der Waals surface area (Å²) in [5, 5.41) is 30.7. The second kappa shape index (κ2) is 9.22. The predicted octanol–water partition coefficient (Wildman–Crippen LogP) is 3.23. The molecule has 2 heterocycles. The predicted molar refractivity (Wildman–Crippen MR) is 119 cm³/mol. The number of aliphatic hydroxyl groups is 2. The van der Waals surface area contributed by atoms with Gasteiger partial charge in [0.2, 0.25) is 5.89 Å². The Labute approximate surface area is 191 Å². The van der Waals surface area contributed by atoms with E-state index in [0.717, 1.165) is 16.7 Å². The summed E-state index contributed by atoms with van der Waals surface area (Å²) in [6.45, 7) is 0.438. The highest BCUT2D eigenvalue weighted by molar-refractivity contribution is 5.77. The molecule has 1 aliphatic heterocycles. The van der Waals surface area contributed by atoms with Crippen LogP contribution in [0, 0.1) is 0 Å². The van der Waals surface area contributed by atoms with E-state index in [1.54, 1.807) is 19.2 Å². The van der Waals surface area contributed by atoms with Crippen LogP contribution in [-0.4, -0.2) is 63.6 Å². The third kappa shape index (κ3) is 4.56. The fraction of sp³-hybridized carbons (Fsp3) is 0.333. The normalized spacial score (nSPS) is 15.4. The molecule has 9 nitrogen and oxygen atoms in total. The number of amides is 2. The highest BCUT2D eigenvalue weighted by Gasteiger charge is 2.41. The van der Waals surface area contributed by atoms with Crippen molar-refractivity contribution >= 4 is 6.03 Å². The Kier molecular flexibility index (Phi) is 6.37. The SMILES string of the molecule is COc1ccc(-c2nc(C3(O)CCN(C(=O)N(C)O)CC3)oc2-c2ccc(CO)cc2)cc1. The fourth-order valence-electron chi connectivity index (χ4n) is 3.91. The van der Waals surface area contributed by atoms with Crippen LogP contribution in [0.2, 0.25) is 0 Å². The molecule has 3 N–H and O–H groups in total. The van der Waals surface area contributed by atoms with Crippen LogP contribution in [-0.2, 0) is 12.2 Å². The number of methoxy groups -OCH3 is 1. The van der Waals surface area contributed by atoms with Gasteiger partial charge in [-0.3, -0.25) is 5.21 Å². The molecule has 2 amide bonds. The van der Waals surface area contributed by atoms with Crippen LogP contribution in [0.1, 0.15) is 24.3 Å². The van der Waals surface area contributed by atoms with Gasteiger partial charge >= 0.3 is 6.03 Å². The smallest absolute Gasteiger partial charge is 0.343 e. The zero-order valence-corrected chi connectivity index (χ0v) is 18.6. The molecule has 1 fully saturated rings. The van der Waals surface area contributed by atoms with Gasteiger partial charge in [-0.1, -0.05) is 24.3 Å². The molecule has 2 aromatic carbocycles. The number of carbonyl (C=O) groups is 1. The molecule has 3 aromatic rings. The molecule has 0 atom stereocenters. The Morgan fingerprint density at radius 1 is 1.12 bits per heavy atom. The van der Waals surface area contributed by atoms with Crippen LogP contribution in [0.3, 0.4) is 0 Å². The van der Waals surface area contributed by atoms with Crippen molar-refractivity contribution in [2.75, 3.05) is 27.2 Å². The van der Waals surface area contributed by atoms with E-state index in [2.05, 4.69) is 4.98 Å². The minimum Gasteiger partial charge on any atom is -0.497 e. The number of rotatable bonds is 5. The van der Waals surface area contributed by atoms with Gasteiger partial charge in [0.15, 0.2) is 5.76 Å². The van der Waals surface area contributed by atoms with Crippen molar-refractivity contribution in [3.05, 3.63) is 60.0 Å². The van der Waals surface area contributed by atoms with Crippen molar-refractivity contribution in [3.63, 3.8) is 0 Å². The lowest BCUT2D eigenvalue weighted by Crippen LogP contribution is -2.48. The molecule has 0 saturated carbocycles. The van der Waals surface area contributed by atoms with Crippen LogP contribution in [0.4, 0.5) is 4.79 Å². The molecule has 9 heteroatoms. The third-order valence-corrected chi connectivity index (χ3v) is 5.93. The summed E-state index contributed by atoms with van der Waals surface area (Å²) in [4.78, 5) is 18.2. The first-order valence-electron chi connectivity index (χ1n) is 10.6. The van der Waals surface area contributed by atoms with E-state index < -0.39 is 11.6 Å². The lowest BCUT2D eigenvalue weighted by molar-refractivity contribution is -0.0639. The number of piperidine rings is 1. The minimum atomic E-state index is -1.35. The molecule has 174 valence electrons. The van der Waals surface area contributed by atoms with Crippen molar-refractivity contribution < 1.29 is 29.4 Å². The van der Waals surface area contributed by atoms with Crippen LogP contribution >= 0.6 is 0 Å². The van der Waals surface area contributed by atoms with Gasteiger partial charge in [-0.2, -0.15) is 0 Å². The first-order chi connectivity index (χ1) is 15.8. The van der Waals surface area contributed by atoms with Crippen LogP contribution in [0.15, 0.2) is 52.9 Å². The topological polar surface area (TPSA) is 120 Å². The largest absolute Gasteiger partial charge is 0.497 e. The molecule has 1 saturated heterocycles. The lowest BCUT2D eigenvalue weighted by atomic mass is 9.91. The maximum atomic E-state index is 12.0. The van der Waals surface area contributed by atoms with Gasteiger partial charge in [0.25, 0.3) is 0 Å². The standard InChI is InChI=1S/C24H27N3O6/c1-26(31)23(29)27-13-11-24(30,12-14-27)22-25-20(17-7-9-19(32-2)10-8-17)21(33-22)18-5-3-16(15-28)4-6-18/h3-10,28,30-31H,11-15H2,1-2H3. The molecule has 1 aromatic heterocycles. The van der Waals surface area contributed by atoms with Gasteiger partial charge in [-0.25, -0.2) is 14.8 Å². The quantitative estimate of drug-likeness (QED) is 0.401. The third-order valence-electron chi connectivity index (χ3n) is 5.93. The maximum absolute atomic E-state index is 12.0. The van der Waals surface area contributed by atoms with E-state index in [9.17, 15) is 20.2 Å². The number of benzene rings is 2. The molecule has 0 aliphatic carbocycles. The van der Waals surface area contributed by atoms with Gasteiger partial charge in [0.05, 0.1) is 13.7 Å². The zero-order valence-electron chi connectivity index (χ0n) is 18.6. The molecular weight excluding hydrogens is 426 g/mol. The van der Waals surface area contributed by atoms with Crippen LogP contribution < -0.4 is 4.74 Å². The van der Waals surface area contributed by atoms with Gasteiger partial charge in [0.1, 0.15) is 17.0 Å². The first kappa shape index (κ1) is 22.8. The number of ether oxygens (including phenoxy) is 1. The number of nitrogens with zero attached hydrogens (tertiary/aromatic N) is 3. The highest BCUT2D eigenvalue weighted by Crippen LogP contribution is 2.40. The van der Waals surface area contributed by atoms with E-state index in [0.29, 0.717) is 22.3 Å². The number of oxazole rings is 1. The van der Waals surface area contributed by atoms with Gasteiger partial charge in [-0.05, 0) is 29.8 Å². The minimum absolute atomic E-state index is 0.0642. The average Bonchev–Trinajstić information content (AvgIpc) is 3.30. The molecule has 0 bridgehead atoms. The van der Waals surface area contributed by atoms with Crippen LogP contribution in [0.5, 0.6) is 5.75 Å². The summed E-state index contributed by atoms with van der Waals surface area (Å²) < 4.78 is 11.4. The number of aromatic nitrogens is 1. The molecule has 4 rings (SSSR count). The van der Waals surface area contributed by atoms with E-state index >= 15 is 0 Å². The number of likely N-dealkylation sites (tertiary alicyclic amines) is 1. The molecule has 0 radical (unpaired) electrons. The van der Waals surface area contributed by atoms with Crippen molar-refractivity contribution in [2.45, 2.75) is 25.0 Å². The molecule has 1 aliphatic rings. The summed E-state index contributed by atoms with van der Waals surface area (Å²) in [5.74, 6) is 1.39. The number of aliphatic hydroxyl groups excluding tert-OH is 1. The molecule has 0 spiro atoms. The van der Waals surface area contributed by atoms with Crippen molar-refractivity contribution in [1.82, 2.24) is 14.9 Å². The second-order valence-corrected chi connectivity index (χ2v) is 8.11. The average molecular weight is 453 g/mol. The van der Waals surface area contributed by atoms with E-state index in [1.165, 1.54) is 11.9 Å². The van der Waals surface area contributed by atoms with Gasteiger partial charge in [0, 0.05) is 44.1 Å². The summed E-state index contributed by atoms with van der Waals surface area (Å²) in [6.07, 6.45) is 0.441. The fourth-order valence-corrected chi connectivity index (χ4v) is 3.91. The number of urea groups is 1. The summed E-state index contributed by atoms with van der Waals surface area (Å²) in [5.41, 5.74) is 1.55. The van der Waals surface area contributed by atoms with Crippen molar-refractivity contribution in [2.24, 2.45) is 0 Å². The molecule has 33 heavy (non-hydrogen) atoms. The number of hydrogen-bond donors (Lipinski definition) is 3. The van der Waals surface area contributed by atoms with Gasteiger partial charge < -0.3 is 24.3 Å². The number of hydrogen-bond acceptors (Lipinski definition) is 7. The Bertz CT molecular complexity index is 1040.